The number of nitrogens with zero attached hydrogens (tertiary/aromatic N) is 1. The molecule has 3 aromatic rings. The quantitative estimate of drug-likeness (QED) is 0.640. The Morgan fingerprint density at radius 2 is 2.00 bits per heavy atom. The van der Waals surface area contributed by atoms with Crippen LogP contribution >= 0.6 is 0 Å². The van der Waals surface area contributed by atoms with E-state index in [0.717, 1.165) is 16.5 Å². The number of H-pyrrole nitrogens is 1. The van der Waals surface area contributed by atoms with Crippen LogP contribution in [-0.4, -0.2) is 43.9 Å². The first-order valence-electron chi connectivity index (χ1n) is 9.46. The molecule has 2 aromatic carbocycles. The number of benzene rings is 2. The lowest BCUT2D eigenvalue weighted by Gasteiger charge is -2.26. The number of hydrogen-bond acceptors (Lipinski definition) is 4. The Morgan fingerprint density at radius 3 is 2.67 bits per heavy atom. The van der Waals surface area contributed by atoms with Crippen LogP contribution in [0.1, 0.15) is 27.9 Å². The molecule has 2 heterocycles. The van der Waals surface area contributed by atoms with Crippen molar-refractivity contribution in [3.05, 3.63) is 71.2 Å². The van der Waals surface area contributed by atoms with E-state index >= 15 is 0 Å². The van der Waals surface area contributed by atoms with Gasteiger partial charge in [-0.2, -0.15) is 4.31 Å². The number of carbonyl (C=O) groups excluding carboxylic acids is 1. The molecule has 1 aromatic heterocycles. The van der Waals surface area contributed by atoms with Gasteiger partial charge in [-0.1, -0.05) is 6.08 Å². The number of nitrogens with one attached hydrogen (secondary N) is 1. The number of ether oxygens (including phenoxy) is 1. The van der Waals surface area contributed by atoms with Crippen LogP contribution < -0.4 is 0 Å². The minimum atomic E-state index is -3.70. The molecule has 6 nitrogen and oxygen atoms in total. The second-order valence-corrected chi connectivity index (χ2v) is 9.11. The maximum Gasteiger partial charge on any atom is 0.337 e. The lowest BCUT2D eigenvalue weighted by molar-refractivity contribution is 0.0600. The fourth-order valence-electron chi connectivity index (χ4n) is 3.80. The standard InChI is InChI=1S/C22H21FN2O4S/c1-14-11-16(22(26)29-2)3-6-21(14)30(27,28)25-9-7-15(8-10-25)19-13-24-20-12-17(23)4-5-18(19)20/h3-7,11-13,24H,8-10H2,1-2H3. The van der Waals surface area contributed by atoms with Crippen molar-refractivity contribution < 1.29 is 22.3 Å². The van der Waals surface area contributed by atoms with Crippen molar-refractivity contribution in [3.63, 3.8) is 0 Å². The number of sulfonamides is 1. The summed E-state index contributed by atoms with van der Waals surface area (Å²) in [6, 6.07) is 9.02. The van der Waals surface area contributed by atoms with Gasteiger partial charge in [-0.3, -0.25) is 0 Å². The molecule has 4 rings (SSSR count). The Balaban J connectivity index is 1.59. The molecule has 0 aliphatic carbocycles. The van der Waals surface area contributed by atoms with E-state index < -0.39 is 16.0 Å². The molecule has 1 aliphatic heterocycles. The van der Waals surface area contributed by atoms with Crippen LogP contribution in [0.4, 0.5) is 4.39 Å². The molecule has 0 radical (unpaired) electrons. The third-order valence-corrected chi connectivity index (χ3v) is 7.40. The minimum Gasteiger partial charge on any atom is -0.465 e. The molecule has 1 N–H and O–H groups in total. The minimum absolute atomic E-state index is 0.176. The summed E-state index contributed by atoms with van der Waals surface area (Å²) in [4.78, 5) is 14.9. The van der Waals surface area contributed by atoms with Gasteiger partial charge in [0, 0.05) is 35.8 Å². The second-order valence-electron chi connectivity index (χ2n) is 7.21. The molecule has 0 fully saturated rings. The second kappa shape index (κ2) is 7.70. The van der Waals surface area contributed by atoms with Crippen LogP contribution in [0.5, 0.6) is 0 Å². The molecule has 0 unspecified atom stereocenters. The van der Waals surface area contributed by atoms with Crippen LogP contribution in [0, 0.1) is 12.7 Å². The van der Waals surface area contributed by atoms with Gasteiger partial charge < -0.3 is 9.72 Å². The number of aryl methyl sites for hydroxylation is 1. The number of aromatic amines is 1. The summed E-state index contributed by atoms with van der Waals surface area (Å²) in [5, 5.41) is 0.910. The summed E-state index contributed by atoms with van der Waals surface area (Å²) < 4.78 is 45.8. The maximum atomic E-state index is 13.4. The largest absolute Gasteiger partial charge is 0.465 e. The molecule has 0 amide bonds. The number of halogens is 1. The topological polar surface area (TPSA) is 79.5 Å². The number of methoxy groups -OCH3 is 1. The zero-order chi connectivity index (χ0) is 21.5. The predicted molar refractivity (Wildman–Crippen MR) is 112 cm³/mol. The molecule has 1 aliphatic rings. The van der Waals surface area contributed by atoms with Crippen molar-refractivity contribution in [1.82, 2.24) is 9.29 Å². The lowest BCUT2D eigenvalue weighted by Crippen LogP contribution is -2.35. The Hall–Kier alpha value is -2.97. The van der Waals surface area contributed by atoms with Gasteiger partial charge in [-0.15, -0.1) is 0 Å². The number of fused-ring (bicyclic) bond motifs is 1. The van der Waals surface area contributed by atoms with Gasteiger partial charge in [0.05, 0.1) is 17.6 Å². The van der Waals surface area contributed by atoms with E-state index in [9.17, 15) is 17.6 Å². The highest BCUT2D eigenvalue weighted by Gasteiger charge is 2.28. The van der Waals surface area contributed by atoms with Crippen molar-refractivity contribution in [2.24, 2.45) is 0 Å². The molecule has 0 bridgehead atoms. The Kier molecular flexibility index (Phi) is 5.21. The van der Waals surface area contributed by atoms with Crippen LogP contribution in [0.2, 0.25) is 0 Å². The monoisotopic (exact) mass is 428 g/mol. The van der Waals surface area contributed by atoms with Crippen LogP contribution in [-0.2, 0) is 14.8 Å². The maximum absolute atomic E-state index is 13.4. The Labute approximate surface area is 174 Å². The van der Waals surface area contributed by atoms with Gasteiger partial charge in [0.2, 0.25) is 10.0 Å². The number of esters is 1. The van der Waals surface area contributed by atoms with Crippen molar-refractivity contribution in [2.45, 2.75) is 18.2 Å². The summed E-state index contributed by atoms with van der Waals surface area (Å²) in [7, 11) is -2.42. The van der Waals surface area contributed by atoms with E-state index in [2.05, 4.69) is 9.72 Å². The van der Waals surface area contributed by atoms with Crippen molar-refractivity contribution in [2.75, 3.05) is 20.2 Å². The third-order valence-electron chi connectivity index (χ3n) is 5.38. The van der Waals surface area contributed by atoms with Crippen LogP contribution in [0.25, 0.3) is 16.5 Å². The summed E-state index contributed by atoms with van der Waals surface area (Å²) in [6.45, 7) is 2.24. The van der Waals surface area contributed by atoms with E-state index in [1.54, 1.807) is 13.0 Å². The average Bonchev–Trinajstić information content (AvgIpc) is 3.16. The highest BCUT2D eigenvalue weighted by Crippen LogP contribution is 2.31. The smallest absolute Gasteiger partial charge is 0.337 e. The lowest BCUT2D eigenvalue weighted by atomic mass is 10.00. The number of hydrogen-bond donors (Lipinski definition) is 1. The molecule has 30 heavy (non-hydrogen) atoms. The van der Waals surface area contributed by atoms with E-state index in [4.69, 9.17) is 0 Å². The molecule has 0 atom stereocenters. The van der Waals surface area contributed by atoms with Crippen molar-refractivity contribution >= 4 is 32.5 Å². The third kappa shape index (κ3) is 3.53. The van der Waals surface area contributed by atoms with Gasteiger partial charge in [0.25, 0.3) is 0 Å². The van der Waals surface area contributed by atoms with Crippen molar-refractivity contribution in [1.29, 1.82) is 0 Å². The first kappa shape index (κ1) is 20.3. The van der Waals surface area contributed by atoms with Gasteiger partial charge in [0.15, 0.2) is 0 Å². The van der Waals surface area contributed by atoms with E-state index in [1.807, 2.05) is 12.3 Å². The average molecular weight is 428 g/mol. The van der Waals surface area contributed by atoms with Crippen LogP contribution in [0.15, 0.2) is 53.6 Å². The fraction of sp³-hybridized carbons (Fsp3) is 0.227. The SMILES string of the molecule is COC(=O)c1ccc(S(=O)(=O)N2CC=C(c3c[nH]c4cc(F)ccc34)CC2)c(C)c1. The zero-order valence-corrected chi connectivity index (χ0v) is 17.4. The molecular weight excluding hydrogens is 407 g/mol. The van der Waals surface area contributed by atoms with E-state index in [-0.39, 0.29) is 17.3 Å². The van der Waals surface area contributed by atoms with Gasteiger partial charge >= 0.3 is 5.97 Å². The van der Waals surface area contributed by atoms with Crippen LogP contribution in [0.3, 0.4) is 0 Å². The fourth-order valence-corrected chi connectivity index (χ4v) is 5.39. The summed E-state index contributed by atoms with van der Waals surface area (Å²) in [5.74, 6) is -0.814. The van der Waals surface area contributed by atoms with Gasteiger partial charge in [0.1, 0.15) is 5.82 Å². The summed E-state index contributed by atoms with van der Waals surface area (Å²) in [5.41, 5.74) is 3.50. The number of rotatable bonds is 4. The molecular formula is C22H21FN2O4S. The molecule has 0 saturated carbocycles. The van der Waals surface area contributed by atoms with E-state index in [1.165, 1.54) is 41.7 Å². The predicted octanol–water partition coefficient (Wildman–Crippen LogP) is 3.88. The van der Waals surface area contributed by atoms with Gasteiger partial charge in [-0.05, 0) is 60.9 Å². The number of carbonyl (C=O) groups is 1. The summed E-state index contributed by atoms with van der Waals surface area (Å²) >= 11 is 0. The first-order valence-corrected chi connectivity index (χ1v) is 10.9. The molecule has 0 saturated heterocycles. The van der Waals surface area contributed by atoms with Crippen molar-refractivity contribution in [3.8, 4) is 0 Å². The highest BCUT2D eigenvalue weighted by atomic mass is 32.2. The normalized spacial score (nSPS) is 15.2. The molecule has 0 spiro atoms. The Morgan fingerprint density at radius 1 is 1.20 bits per heavy atom. The Bertz CT molecular complexity index is 1280. The molecule has 8 heteroatoms. The number of aromatic nitrogens is 1. The first-order chi connectivity index (χ1) is 14.3. The zero-order valence-electron chi connectivity index (χ0n) is 16.6. The summed E-state index contributed by atoms with van der Waals surface area (Å²) in [6.07, 6.45) is 4.27. The van der Waals surface area contributed by atoms with Gasteiger partial charge in [-0.25, -0.2) is 17.6 Å². The molecule has 156 valence electrons. The highest BCUT2D eigenvalue weighted by molar-refractivity contribution is 7.89. The van der Waals surface area contributed by atoms with E-state index in [0.29, 0.717) is 29.6 Å².